The topological polar surface area (TPSA) is 57.6 Å². The predicted molar refractivity (Wildman–Crippen MR) is 48.5 cm³/mol. The molecule has 0 spiro atoms. The van der Waals surface area contributed by atoms with E-state index in [4.69, 9.17) is 4.55 Å². The summed E-state index contributed by atoms with van der Waals surface area (Å²) in [5.74, 6) is 0. The number of rotatable bonds is 5. The highest BCUT2D eigenvalue weighted by atomic mass is 32.2. The van der Waals surface area contributed by atoms with Crippen LogP contribution >= 0.6 is 0 Å². The molecule has 74 valence electrons. The predicted octanol–water partition coefficient (Wildman–Crippen LogP) is 0.952. The highest BCUT2D eigenvalue weighted by Gasteiger charge is 2.25. The Morgan fingerprint density at radius 3 is 1.75 bits per heavy atom. The van der Waals surface area contributed by atoms with Crippen molar-refractivity contribution in [1.29, 1.82) is 0 Å². The molecule has 1 atom stereocenters. The summed E-state index contributed by atoms with van der Waals surface area (Å²) in [4.78, 5) is 1.72. The van der Waals surface area contributed by atoms with Gasteiger partial charge in [0.15, 0.2) is 0 Å². The van der Waals surface area contributed by atoms with Crippen molar-refractivity contribution in [2.45, 2.75) is 32.6 Å². The molecule has 0 aromatic heterocycles. The highest BCUT2D eigenvalue weighted by molar-refractivity contribution is 7.86. The Morgan fingerprint density at radius 1 is 1.25 bits per heavy atom. The second kappa shape index (κ2) is 4.79. The largest absolute Gasteiger partial charge is 0.286 e. The zero-order valence-corrected chi connectivity index (χ0v) is 8.63. The van der Waals surface area contributed by atoms with Crippen LogP contribution in [0, 0.1) is 0 Å². The van der Waals surface area contributed by atoms with E-state index in [0.29, 0.717) is 19.5 Å². The monoisotopic (exact) mass is 195 g/mol. The van der Waals surface area contributed by atoms with Crippen LogP contribution in [0.4, 0.5) is 0 Å². The van der Waals surface area contributed by atoms with E-state index in [1.807, 2.05) is 13.8 Å². The van der Waals surface area contributed by atoms with E-state index in [2.05, 4.69) is 0 Å². The molecular weight excluding hydrogens is 178 g/mol. The normalized spacial score (nSPS) is 15.1. The van der Waals surface area contributed by atoms with Gasteiger partial charge in [0.25, 0.3) is 10.1 Å². The van der Waals surface area contributed by atoms with E-state index < -0.39 is 15.5 Å². The second-order valence-corrected chi connectivity index (χ2v) is 4.17. The maximum absolute atomic E-state index is 10.8. The molecule has 0 aromatic carbocycles. The average molecular weight is 195 g/mol. The van der Waals surface area contributed by atoms with Crippen molar-refractivity contribution in [3.63, 3.8) is 0 Å². The van der Waals surface area contributed by atoms with Gasteiger partial charge >= 0.3 is 0 Å². The lowest BCUT2D eigenvalue weighted by Crippen LogP contribution is -2.40. The van der Waals surface area contributed by atoms with Crippen LogP contribution in [0.2, 0.25) is 0 Å². The van der Waals surface area contributed by atoms with Gasteiger partial charge < -0.3 is 0 Å². The van der Waals surface area contributed by atoms with Crippen LogP contribution in [0.1, 0.15) is 27.2 Å². The fraction of sp³-hybridized carbons (Fsp3) is 1.00. The van der Waals surface area contributed by atoms with Crippen LogP contribution in [0.3, 0.4) is 0 Å². The first-order chi connectivity index (χ1) is 5.47. The summed E-state index contributed by atoms with van der Waals surface area (Å²) in [5, 5.41) is -0.743. The van der Waals surface area contributed by atoms with Gasteiger partial charge in [-0.2, -0.15) is 8.42 Å². The minimum atomic E-state index is -3.91. The van der Waals surface area contributed by atoms with Gasteiger partial charge in [-0.3, -0.25) is 9.45 Å². The minimum absolute atomic E-state index is 0.417. The lowest BCUT2D eigenvalue weighted by Gasteiger charge is -2.25. The third-order valence-electron chi connectivity index (χ3n) is 1.91. The molecule has 0 aliphatic heterocycles. The van der Waals surface area contributed by atoms with Crippen LogP contribution < -0.4 is 0 Å². The Bertz CT molecular complexity index is 209. The third kappa shape index (κ3) is 3.08. The quantitative estimate of drug-likeness (QED) is 0.664. The summed E-state index contributed by atoms with van der Waals surface area (Å²) in [6.45, 7) is 6.76. The first-order valence-corrected chi connectivity index (χ1v) is 5.68. The molecule has 0 bridgehead atoms. The van der Waals surface area contributed by atoms with Gasteiger partial charge in [-0.1, -0.05) is 20.8 Å². The van der Waals surface area contributed by atoms with E-state index in [9.17, 15) is 8.42 Å². The van der Waals surface area contributed by atoms with Gasteiger partial charge in [0.05, 0.1) is 0 Å². The molecule has 0 saturated heterocycles. The van der Waals surface area contributed by atoms with Gasteiger partial charge in [0, 0.05) is 0 Å². The van der Waals surface area contributed by atoms with E-state index in [0.717, 1.165) is 0 Å². The van der Waals surface area contributed by atoms with Crippen LogP contribution in [0.25, 0.3) is 0 Å². The zero-order valence-electron chi connectivity index (χ0n) is 7.82. The maximum Gasteiger partial charge on any atom is 0.281 e. The third-order valence-corrected chi connectivity index (χ3v) is 3.23. The molecule has 0 radical (unpaired) electrons. The summed E-state index contributed by atoms with van der Waals surface area (Å²) in [7, 11) is -3.91. The minimum Gasteiger partial charge on any atom is -0.286 e. The molecule has 0 rings (SSSR count). The second-order valence-electron chi connectivity index (χ2n) is 2.60. The molecule has 1 unspecified atom stereocenters. The molecule has 0 fully saturated rings. The first kappa shape index (κ1) is 11.9. The summed E-state index contributed by atoms with van der Waals surface area (Å²) in [5.41, 5.74) is 0. The molecule has 5 heteroatoms. The number of hydrogen-bond donors (Lipinski definition) is 1. The molecule has 4 nitrogen and oxygen atoms in total. The fourth-order valence-electron chi connectivity index (χ4n) is 1.29. The highest BCUT2D eigenvalue weighted by Crippen LogP contribution is 2.09. The van der Waals surface area contributed by atoms with Crippen molar-refractivity contribution in [3.05, 3.63) is 0 Å². The molecule has 0 saturated carbocycles. The van der Waals surface area contributed by atoms with Gasteiger partial charge in [0.1, 0.15) is 5.37 Å². The van der Waals surface area contributed by atoms with Crippen LogP contribution in [0.5, 0.6) is 0 Å². The molecule has 0 heterocycles. The van der Waals surface area contributed by atoms with E-state index in [1.165, 1.54) is 0 Å². The van der Waals surface area contributed by atoms with Crippen molar-refractivity contribution < 1.29 is 13.0 Å². The van der Waals surface area contributed by atoms with Crippen molar-refractivity contribution in [2.24, 2.45) is 0 Å². The van der Waals surface area contributed by atoms with Crippen LogP contribution in [-0.2, 0) is 10.1 Å². The average Bonchev–Trinajstić information content (AvgIpc) is 1.97. The summed E-state index contributed by atoms with van der Waals surface area (Å²) >= 11 is 0. The van der Waals surface area contributed by atoms with E-state index in [-0.39, 0.29) is 0 Å². The summed E-state index contributed by atoms with van der Waals surface area (Å²) < 4.78 is 30.5. The Balaban J connectivity index is 4.54. The van der Waals surface area contributed by atoms with Crippen LogP contribution in [-0.4, -0.2) is 36.3 Å². The van der Waals surface area contributed by atoms with Gasteiger partial charge in [-0.15, -0.1) is 0 Å². The Kier molecular flexibility index (Phi) is 4.74. The van der Waals surface area contributed by atoms with Gasteiger partial charge in [0.2, 0.25) is 0 Å². The lowest BCUT2D eigenvalue weighted by molar-refractivity contribution is 0.255. The van der Waals surface area contributed by atoms with Gasteiger partial charge in [-0.25, -0.2) is 0 Å². The molecule has 0 aliphatic carbocycles. The number of hydrogen-bond acceptors (Lipinski definition) is 3. The number of nitrogens with zero attached hydrogens (tertiary/aromatic N) is 1. The molecule has 1 N–H and O–H groups in total. The summed E-state index contributed by atoms with van der Waals surface area (Å²) in [6, 6.07) is 0. The maximum atomic E-state index is 10.8. The molecule has 0 aromatic rings. The smallest absolute Gasteiger partial charge is 0.281 e. The van der Waals surface area contributed by atoms with E-state index >= 15 is 0 Å². The van der Waals surface area contributed by atoms with Gasteiger partial charge in [-0.05, 0) is 19.5 Å². The molecule has 0 aliphatic rings. The Morgan fingerprint density at radius 2 is 1.67 bits per heavy atom. The van der Waals surface area contributed by atoms with Crippen molar-refractivity contribution in [1.82, 2.24) is 4.90 Å². The first-order valence-electron chi connectivity index (χ1n) is 4.17. The van der Waals surface area contributed by atoms with Crippen LogP contribution in [0.15, 0.2) is 0 Å². The SMILES string of the molecule is CCC(N(CC)CC)S(=O)(=O)O. The van der Waals surface area contributed by atoms with Crippen molar-refractivity contribution in [2.75, 3.05) is 13.1 Å². The lowest BCUT2D eigenvalue weighted by atomic mass is 10.4. The Labute approximate surface area is 74.3 Å². The van der Waals surface area contributed by atoms with E-state index in [1.54, 1.807) is 11.8 Å². The zero-order chi connectivity index (χ0) is 9.78. The molecule has 0 amide bonds. The standard InChI is InChI=1S/C7H17NO3S/c1-4-7(12(9,10)11)8(5-2)6-3/h7H,4-6H2,1-3H3,(H,9,10,11). The fourth-order valence-corrected chi connectivity index (χ4v) is 2.38. The Hall–Kier alpha value is -0.130. The molecular formula is C7H17NO3S. The summed E-state index contributed by atoms with van der Waals surface area (Å²) in [6.07, 6.45) is 0.417. The van der Waals surface area contributed by atoms with Crippen molar-refractivity contribution >= 4 is 10.1 Å². The molecule has 12 heavy (non-hydrogen) atoms. The van der Waals surface area contributed by atoms with Crippen molar-refractivity contribution in [3.8, 4) is 0 Å².